The number of sulfone groups is 1. The zero-order valence-electron chi connectivity index (χ0n) is 9.98. The van der Waals surface area contributed by atoms with E-state index < -0.39 is 9.84 Å². The molecule has 0 spiro atoms. The number of carbonyl (C=O) groups excluding carboxylic acids is 1. The highest BCUT2D eigenvalue weighted by atomic mass is 79.9. The second-order valence-electron chi connectivity index (χ2n) is 3.98. The Bertz CT molecular complexity index is 557. The van der Waals surface area contributed by atoms with Gasteiger partial charge < -0.3 is 4.90 Å². The molecule has 0 atom stereocenters. The molecule has 0 heterocycles. The quantitative estimate of drug-likeness (QED) is 0.781. The molecule has 7 heteroatoms. The van der Waals surface area contributed by atoms with Crippen LogP contribution in [-0.2, 0) is 9.84 Å². The molecule has 0 aliphatic heterocycles. The Morgan fingerprint density at radius 1 is 1.33 bits per heavy atom. The van der Waals surface area contributed by atoms with Crippen molar-refractivity contribution in [3.05, 3.63) is 32.7 Å². The highest BCUT2D eigenvalue weighted by Crippen LogP contribution is 2.22. The predicted octanol–water partition coefficient (Wildman–Crippen LogP) is 2.33. The molecule has 1 aromatic carbocycles. The largest absolute Gasteiger partial charge is 0.341 e. The SMILES string of the molecule is CN(CCS(C)(=O)=O)C(=O)c1ccc(Br)cc1Br. The van der Waals surface area contributed by atoms with Gasteiger partial charge in [-0.05, 0) is 34.1 Å². The van der Waals surface area contributed by atoms with Crippen molar-refractivity contribution >= 4 is 47.6 Å². The molecular weight excluding hydrogens is 386 g/mol. The molecule has 18 heavy (non-hydrogen) atoms. The zero-order chi connectivity index (χ0) is 13.9. The lowest BCUT2D eigenvalue weighted by atomic mass is 10.2. The van der Waals surface area contributed by atoms with E-state index in [-0.39, 0.29) is 18.2 Å². The average molecular weight is 399 g/mol. The van der Waals surface area contributed by atoms with Gasteiger partial charge in [-0.2, -0.15) is 0 Å². The molecule has 100 valence electrons. The lowest BCUT2D eigenvalue weighted by Gasteiger charge is -2.17. The lowest BCUT2D eigenvalue weighted by molar-refractivity contribution is 0.0802. The van der Waals surface area contributed by atoms with Gasteiger partial charge in [0.25, 0.3) is 5.91 Å². The van der Waals surface area contributed by atoms with E-state index in [2.05, 4.69) is 31.9 Å². The van der Waals surface area contributed by atoms with Crippen LogP contribution in [0, 0.1) is 0 Å². The Kier molecular flexibility index (Phi) is 5.36. The summed E-state index contributed by atoms with van der Waals surface area (Å²) in [6.45, 7) is 0.181. The third-order valence-electron chi connectivity index (χ3n) is 2.31. The summed E-state index contributed by atoms with van der Waals surface area (Å²) in [4.78, 5) is 13.5. The van der Waals surface area contributed by atoms with Crippen LogP contribution in [-0.4, -0.2) is 44.8 Å². The molecule has 0 aliphatic carbocycles. The van der Waals surface area contributed by atoms with Crippen LogP contribution < -0.4 is 0 Å². The smallest absolute Gasteiger partial charge is 0.254 e. The molecule has 0 aliphatic rings. The van der Waals surface area contributed by atoms with Gasteiger partial charge in [0.1, 0.15) is 9.84 Å². The lowest BCUT2D eigenvalue weighted by Crippen LogP contribution is -2.31. The van der Waals surface area contributed by atoms with Gasteiger partial charge in [0.2, 0.25) is 0 Å². The molecule has 0 unspecified atom stereocenters. The van der Waals surface area contributed by atoms with E-state index >= 15 is 0 Å². The van der Waals surface area contributed by atoms with Gasteiger partial charge in [-0.15, -0.1) is 0 Å². The summed E-state index contributed by atoms with van der Waals surface area (Å²) >= 11 is 6.62. The molecule has 0 radical (unpaired) electrons. The molecule has 0 saturated heterocycles. The maximum Gasteiger partial charge on any atom is 0.254 e. The monoisotopic (exact) mass is 397 g/mol. The van der Waals surface area contributed by atoms with Gasteiger partial charge in [0, 0.05) is 28.8 Å². The maximum absolute atomic E-state index is 12.1. The van der Waals surface area contributed by atoms with E-state index in [0.29, 0.717) is 10.0 Å². The summed E-state index contributed by atoms with van der Waals surface area (Å²) in [5.41, 5.74) is 0.509. The van der Waals surface area contributed by atoms with Gasteiger partial charge in [-0.1, -0.05) is 15.9 Å². The molecule has 1 rings (SSSR count). The number of rotatable bonds is 4. The molecule has 1 aromatic rings. The summed E-state index contributed by atoms with van der Waals surface area (Å²) in [6.07, 6.45) is 1.15. The number of benzene rings is 1. The summed E-state index contributed by atoms with van der Waals surface area (Å²) in [6, 6.07) is 5.23. The van der Waals surface area contributed by atoms with Gasteiger partial charge in [-0.3, -0.25) is 4.79 Å². The third-order valence-corrected chi connectivity index (χ3v) is 4.38. The molecule has 1 amide bonds. The van der Waals surface area contributed by atoms with Gasteiger partial charge >= 0.3 is 0 Å². The van der Waals surface area contributed by atoms with Crippen molar-refractivity contribution in [1.29, 1.82) is 0 Å². The first-order chi connectivity index (χ1) is 8.20. The normalized spacial score (nSPS) is 11.3. The maximum atomic E-state index is 12.1. The number of amides is 1. The Morgan fingerprint density at radius 2 is 1.94 bits per heavy atom. The van der Waals surface area contributed by atoms with Crippen LogP contribution in [0.5, 0.6) is 0 Å². The molecule has 0 aromatic heterocycles. The van der Waals surface area contributed by atoms with Crippen LogP contribution >= 0.6 is 31.9 Å². The molecule has 4 nitrogen and oxygen atoms in total. The number of halogens is 2. The van der Waals surface area contributed by atoms with Crippen LogP contribution in [0.4, 0.5) is 0 Å². The number of hydrogen-bond donors (Lipinski definition) is 0. The van der Waals surface area contributed by atoms with Gasteiger partial charge in [0.05, 0.1) is 11.3 Å². The third kappa shape index (κ3) is 4.70. The number of nitrogens with zero attached hydrogens (tertiary/aromatic N) is 1. The minimum Gasteiger partial charge on any atom is -0.341 e. The molecule has 0 saturated carbocycles. The van der Waals surface area contributed by atoms with E-state index in [1.165, 1.54) is 4.90 Å². The second kappa shape index (κ2) is 6.16. The van der Waals surface area contributed by atoms with Crippen molar-refractivity contribution in [1.82, 2.24) is 4.90 Å². The Hall–Kier alpha value is -0.400. The zero-order valence-corrected chi connectivity index (χ0v) is 14.0. The van der Waals surface area contributed by atoms with Crippen molar-refractivity contribution in [3.8, 4) is 0 Å². The van der Waals surface area contributed by atoms with Crippen molar-refractivity contribution in [2.45, 2.75) is 0 Å². The van der Waals surface area contributed by atoms with E-state index in [9.17, 15) is 13.2 Å². The summed E-state index contributed by atoms with van der Waals surface area (Å²) in [7, 11) is -1.48. The summed E-state index contributed by atoms with van der Waals surface area (Å²) < 4.78 is 23.6. The number of carbonyl (C=O) groups is 1. The fraction of sp³-hybridized carbons (Fsp3) is 0.364. The first-order valence-corrected chi connectivity index (χ1v) is 8.73. The Morgan fingerprint density at radius 3 is 2.44 bits per heavy atom. The predicted molar refractivity (Wildman–Crippen MR) is 78.5 cm³/mol. The highest BCUT2D eigenvalue weighted by Gasteiger charge is 2.16. The van der Waals surface area contributed by atoms with Crippen molar-refractivity contribution in [3.63, 3.8) is 0 Å². The number of hydrogen-bond acceptors (Lipinski definition) is 3. The standard InChI is InChI=1S/C11H13Br2NO3S/c1-14(5-6-18(2,16)17)11(15)9-4-3-8(12)7-10(9)13/h3-4,7H,5-6H2,1-2H3. The fourth-order valence-electron chi connectivity index (χ4n) is 1.27. The van der Waals surface area contributed by atoms with Gasteiger partial charge in [0.15, 0.2) is 0 Å². The molecule has 0 fully saturated rings. The molecule has 0 bridgehead atoms. The van der Waals surface area contributed by atoms with Crippen LogP contribution in [0.25, 0.3) is 0 Å². The van der Waals surface area contributed by atoms with Gasteiger partial charge in [-0.25, -0.2) is 8.42 Å². The summed E-state index contributed by atoms with van der Waals surface area (Å²) in [5, 5.41) is 0. The second-order valence-corrected chi connectivity index (χ2v) is 8.01. The van der Waals surface area contributed by atoms with Crippen LogP contribution in [0.3, 0.4) is 0 Å². The molecular formula is C11H13Br2NO3S. The van der Waals surface area contributed by atoms with Crippen LogP contribution in [0.1, 0.15) is 10.4 Å². The van der Waals surface area contributed by atoms with Crippen molar-refractivity contribution in [2.24, 2.45) is 0 Å². The van der Waals surface area contributed by atoms with E-state index in [0.717, 1.165) is 10.7 Å². The van der Waals surface area contributed by atoms with Crippen LogP contribution in [0.2, 0.25) is 0 Å². The fourth-order valence-corrected chi connectivity index (χ4v) is 3.10. The highest BCUT2D eigenvalue weighted by molar-refractivity contribution is 9.11. The van der Waals surface area contributed by atoms with E-state index in [4.69, 9.17) is 0 Å². The Labute approximate surface area is 124 Å². The first-order valence-electron chi connectivity index (χ1n) is 5.09. The van der Waals surface area contributed by atoms with E-state index in [1.54, 1.807) is 25.2 Å². The van der Waals surface area contributed by atoms with Crippen molar-refractivity contribution < 1.29 is 13.2 Å². The van der Waals surface area contributed by atoms with Crippen LogP contribution in [0.15, 0.2) is 27.1 Å². The Balaban J connectivity index is 2.80. The minimum absolute atomic E-state index is 0.0383. The van der Waals surface area contributed by atoms with E-state index in [1.807, 2.05) is 0 Å². The molecule has 0 N–H and O–H groups in total. The average Bonchev–Trinajstić information content (AvgIpc) is 2.24. The topological polar surface area (TPSA) is 54.5 Å². The van der Waals surface area contributed by atoms with Crippen molar-refractivity contribution in [2.75, 3.05) is 25.6 Å². The summed E-state index contributed by atoms with van der Waals surface area (Å²) in [5.74, 6) is -0.248. The first kappa shape index (κ1) is 15.7. The minimum atomic E-state index is -3.06.